The molecule has 1 N–H and O–H groups in total. The summed E-state index contributed by atoms with van der Waals surface area (Å²) in [6.45, 7) is -0.241. The quantitative estimate of drug-likeness (QED) is 0.557. The first kappa shape index (κ1) is 19.4. The summed E-state index contributed by atoms with van der Waals surface area (Å²) in [6.07, 6.45) is 5.35. The second kappa shape index (κ2) is 8.60. The summed E-state index contributed by atoms with van der Waals surface area (Å²) < 4.78 is 5.22. The fourth-order valence-electron chi connectivity index (χ4n) is 4.66. The molecule has 0 spiro atoms. The number of amides is 1. The van der Waals surface area contributed by atoms with Crippen LogP contribution in [0.3, 0.4) is 0 Å². The zero-order chi connectivity index (χ0) is 20.2. The molecule has 0 aromatic heterocycles. The smallest absolute Gasteiger partial charge is 0.306 e. The fourth-order valence-corrected chi connectivity index (χ4v) is 4.66. The lowest BCUT2D eigenvalue weighted by molar-refractivity contribution is -0.144. The number of anilines is 1. The second-order valence-corrected chi connectivity index (χ2v) is 8.12. The number of carbonyl (C=O) groups is 3. The molecule has 0 radical (unpaired) electrons. The van der Waals surface area contributed by atoms with Gasteiger partial charge in [-0.1, -0.05) is 24.6 Å². The SMILES string of the molecule is O=C(C[C@H]1C[C@H]2CC[C@@H]1C2)OCC(=O)c1ccc(NC(=O)c2ccccc2)cc1. The predicted octanol–water partition coefficient (Wildman–Crippen LogP) is 4.49. The van der Waals surface area contributed by atoms with Crippen LogP contribution in [0.25, 0.3) is 0 Å². The molecule has 150 valence electrons. The molecule has 5 heteroatoms. The maximum Gasteiger partial charge on any atom is 0.306 e. The molecule has 2 aromatic rings. The molecule has 0 aliphatic heterocycles. The van der Waals surface area contributed by atoms with Gasteiger partial charge in [0.1, 0.15) is 0 Å². The van der Waals surface area contributed by atoms with Gasteiger partial charge in [-0.15, -0.1) is 0 Å². The highest BCUT2D eigenvalue weighted by atomic mass is 16.5. The van der Waals surface area contributed by atoms with Gasteiger partial charge < -0.3 is 10.1 Å². The molecule has 2 fully saturated rings. The molecule has 2 aliphatic rings. The van der Waals surface area contributed by atoms with Crippen molar-refractivity contribution in [1.82, 2.24) is 0 Å². The van der Waals surface area contributed by atoms with E-state index in [-0.39, 0.29) is 24.3 Å². The van der Waals surface area contributed by atoms with Crippen molar-refractivity contribution in [3.63, 3.8) is 0 Å². The topological polar surface area (TPSA) is 72.5 Å². The summed E-state index contributed by atoms with van der Waals surface area (Å²) >= 11 is 0. The van der Waals surface area contributed by atoms with Crippen molar-refractivity contribution in [2.45, 2.75) is 32.1 Å². The molecule has 0 saturated heterocycles. The first-order valence-electron chi connectivity index (χ1n) is 10.2. The van der Waals surface area contributed by atoms with Gasteiger partial charge in [-0.2, -0.15) is 0 Å². The van der Waals surface area contributed by atoms with Gasteiger partial charge in [-0.05, 0) is 73.4 Å². The Hall–Kier alpha value is -2.95. The molecule has 2 aromatic carbocycles. The number of fused-ring (bicyclic) bond motifs is 2. The summed E-state index contributed by atoms with van der Waals surface area (Å²) in [5.74, 6) is 1.17. The summed E-state index contributed by atoms with van der Waals surface area (Å²) in [7, 11) is 0. The highest BCUT2D eigenvalue weighted by Crippen LogP contribution is 2.49. The van der Waals surface area contributed by atoms with Crippen LogP contribution in [0.2, 0.25) is 0 Å². The largest absolute Gasteiger partial charge is 0.457 e. The van der Waals surface area contributed by atoms with Crippen molar-refractivity contribution in [3.8, 4) is 0 Å². The van der Waals surface area contributed by atoms with E-state index in [9.17, 15) is 14.4 Å². The molecule has 3 atom stereocenters. The summed E-state index contributed by atoms with van der Waals surface area (Å²) in [5, 5.41) is 2.79. The van der Waals surface area contributed by atoms with Crippen molar-refractivity contribution >= 4 is 23.3 Å². The van der Waals surface area contributed by atoms with E-state index in [0.717, 1.165) is 12.3 Å². The Morgan fingerprint density at radius 1 is 0.897 bits per heavy atom. The lowest BCUT2D eigenvalue weighted by atomic mass is 9.86. The highest BCUT2D eigenvalue weighted by molar-refractivity contribution is 6.04. The predicted molar refractivity (Wildman–Crippen MR) is 110 cm³/mol. The van der Waals surface area contributed by atoms with Crippen molar-refractivity contribution in [2.75, 3.05) is 11.9 Å². The lowest BCUT2D eigenvalue weighted by Gasteiger charge is -2.20. The van der Waals surface area contributed by atoms with Crippen LogP contribution in [-0.2, 0) is 9.53 Å². The Morgan fingerprint density at radius 2 is 1.66 bits per heavy atom. The number of hydrogen-bond acceptors (Lipinski definition) is 4. The Labute approximate surface area is 170 Å². The van der Waals surface area contributed by atoms with Crippen LogP contribution in [0.1, 0.15) is 52.8 Å². The summed E-state index contributed by atoms with van der Waals surface area (Å²) in [6, 6.07) is 15.5. The molecule has 2 aliphatic carbocycles. The van der Waals surface area contributed by atoms with Gasteiger partial charge >= 0.3 is 5.97 Å². The molecule has 1 amide bonds. The Balaban J connectivity index is 1.24. The fraction of sp³-hybridized carbons (Fsp3) is 0.375. The van der Waals surface area contributed by atoms with Crippen LogP contribution < -0.4 is 5.32 Å². The van der Waals surface area contributed by atoms with E-state index in [1.165, 1.54) is 19.3 Å². The monoisotopic (exact) mass is 391 g/mol. The molecular weight excluding hydrogens is 366 g/mol. The van der Waals surface area contributed by atoms with E-state index >= 15 is 0 Å². The first-order chi connectivity index (χ1) is 14.1. The van der Waals surface area contributed by atoms with E-state index < -0.39 is 0 Å². The molecule has 5 nitrogen and oxygen atoms in total. The molecule has 29 heavy (non-hydrogen) atoms. The summed E-state index contributed by atoms with van der Waals surface area (Å²) in [4.78, 5) is 36.6. The summed E-state index contributed by atoms with van der Waals surface area (Å²) in [5.41, 5.74) is 1.62. The molecule has 0 heterocycles. The van der Waals surface area contributed by atoms with Gasteiger partial charge in [0.2, 0.25) is 0 Å². The molecule has 0 unspecified atom stereocenters. The molecular formula is C24H25NO4. The van der Waals surface area contributed by atoms with Gasteiger partial charge in [-0.25, -0.2) is 0 Å². The Bertz CT molecular complexity index is 891. The van der Waals surface area contributed by atoms with E-state index in [1.807, 2.05) is 6.07 Å². The van der Waals surface area contributed by atoms with Crippen molar-refractivity contribution in [2.24, 2.45) is 17.8 Å². The molecule has 4 rings (SSSR count). The standard InChI is InChI=1S/C24H25NO4/c26-22(15-29-23(27)14-20-13-16-6-7-19(20)12-16)17-8-10-21(11-9-17)25-24(28)18-4-2-1-3-5-18/h1-5,8-11,16,19-20H,6-7,12-15H2,(H,25,28)/t16-,19+,20+/m0/s1. The minimum absolute atomic E-state index is 0.209. The normalized spacial score (nSPS) is 22.3. The third-order valence-corrected chi connectivity index (χ3v) is 6.18. The van der Waals surface area contributed by atoms with Crippen LogP contribution in [0.4, 0.5) is 5.69 Å². The van der Waals surface area contributed by atoms with Gasteiger partial charge in [0.25, 0.3) is 5.91 Å². The van der Waals surface area contributed by atoms with Crippen LogP contribution >= 0.6 is 0 Å². The molecule has 2 bridgehead atoms. The zero-order valence-corrected chi connectivity index (χ0v) is 16.3. The first-order valence-corrected chi connectivity index (χ1v) is 10.2. The minimum Gasteiger partial charge on any atom is -0.457 e. The number of ether oxygens (including phenoxy) is 1. The zero-order valence-electron chi connectivity index (χ0n) is 16.3. The maximum atomic E-state index is 12.3. The number of esters is 1. The minimum atomic E-state index is -0.275. The van der Waals surface area contributed by atoms with Gasteiger partial charge in [0.05, 0.1) is 0 Å². The lowest BCUT2D eigenvalue weighted by Crippen LogP contribution is -2.19. The van der Waals surface area contributed by atoms with Crippen molar-refractivity contribution < 1.29 is 19.1 Å². The Kier molecular flexibility index (Phi) is 5.74. The van der Waals surface area contributed by atoms with Gasteiger partial charge in [-0.3, -0.25) is 14.4 Å². The number of ketones is 1. The Morgan fingerprint density at radius 3 is 2.31 bits per heavy atom. The number of Topliss-reactive ketones (excluding diaryl/α,β-unsaturated/α-hetero) is 1. The van der Waals surface area contributed by atoms with Crippen LogP contribution in [0.5, 0.6) is 0 Å². The number of rotatable bonds is 7. The van der Waals surface area contributed by atoms with E-state index in [4.69, 9.17) is 4.74 Å². The van der Waals surface area contributed by atoms with E-state index in [0.29, 0.717) is 35.1 Å². The second-order valence-electron chi connectivity index (χ2n) is 8.12. The third kappa shape index (κ3) is 4.73. The number of hydrogen-bond donors (Lipinski definition) is 1. The number of carbonyl (C=O) groups excluding carboxylic acids is 3. The van der Waals surface area contributed by atoms with E-state index in [1.54, 1.807) is 48.5 Å². The maximum absolute atomic E-state index is 12.3. The highest BCUT2D eigenvalue weighted by Gasteiger charge is 2.40. The van der Waals surface area contributed by atoms with Gasteiger partial charge in [0.15, 0.2) is 12.4 Å². The van der Waals surface area contributed by atoms with Crippen LogP contribution in [-0.4, -0.2) is 24.3 Å². The van der Waals surface area contributed by atoms with Crippen LogP contribution in [0, 0.1) is 17.8 Å². The molecule has 2 saturated carbocycles. The average molecular weight is 391 g/mol. The van der Waals surface area contributed by atoms with Crippen LogP contribution in [0.15, 0.2) is 54.6 Å². The average Bonchev–Trinajstić information content (AvgIpc) is 3.36. The number of nitrogens with one attached hydrogen (secondary N) is 1. The third-order valence-electron chi connectivity index (χ3n) is 6.18. The van der Waals surface area contributed by atoms with Crippen molar-refractivity contribution in [1.29, 1.82) is 0 Å². The number of benzene rings is 2. The van der Waals surface area contributed by atoms with Gasteiger partial charge in [0, 0.05) is 23.2 Å². The van der Waals surface area contributed by atoms with E-state index in [2.05, 4.69) is 5.32 Å². The van der Waals surface area contributed by atoms with Crippen molar-refractivity contribution in [3.05, 3.63) is 65.7 Å².